The standard InChI is InChI=1S/3C2H5.Al.H2O4S/c3*1-2;;1-5(2,3)4/h3*1H2,2H3;;(H2,1,2,3,4). The van der Waals surface area contributed by atoms with Crippen molar-refractivity contribution in [3.63, 3.8) is 0 Å². The van der Waals surface area contributed by atoms with Gasteiger partial charge in [0.25, 0.3) is 14.1 Å². The molecule has 0 saturated carbocycles. The third-order valence-corrected chi connectivity index (χ3v) is 5.20. The van der Waals surface area contributed by atoms with E-state index in [1.54, 1.807) is 0 Å². The molecule has 0 bridgehead atoms. The minimum absolute atomic E-state index is 0.171. The average molecular weight is 212 g/mol. The van der Waals surface area contributed by atoms with Crippen molar-refractivity contribution in [3.05, 3.63) is 0 Å². The molecule has 6 heteroatoms. The number of hydrogen-bond donors (Lipinski definition) is 2. The molecular weight excluding hydrogens is 195 g/mol. The van der Waals surface area contributed by atoms with Crippen molar-refractivity contribution in [2.24, 2.45) is 0 Å². The van der Waals surface area contributed by atoms with Crippen molar-refractivity contribution < 1.29 is 17.5 Å². The molecule has 74 valence electrons. The lowest BCUT2D eigenvalue weighted by molar-refractivity contribution is 0.381. The monoisotopic (exact) mass is 212 g/mol. The van der Waals surface area contributed by atoms with Crippen LogP contribution < -0.4 is 0 Å². The van der Waals surface area contributed by atoms with Crippen molar-refractivity contribution in [1.29, 1.82) is 0 Å². The van der Waals surface area contributed by atoms with Gasteiger partial charge in [-0.25, -0.2) is 0 Å². The molecule has 0 atom stereocenters. The summed E-state index contributed by atoms with van der Waals surface area (Å²) in [4.78, 5) is 0. The number of rotatable bonds is 3. The van der Waals surface area contributed by atoms with Gasteiger partial charge in [-0.05, 0) is 0 Å². The number of hydrogen-bond acceptors (Lipinski definition) is 2. The second-order valence-electron chi connectivity index (χ2n) is 2.54. The molecule has 4 nitrogen and oxygen atoms in total. The van der Waals surface area contributed by atoms with E-state index in [1.165, 1.54) is 15.8 Å². The van der Waals surface area contributed by atoms with E-state index in [-0.39, 0.29) is 14.1 Å². The fraction of sp³-hybridized carbons (Fsp3) is 1.00. The maximum absolute atomic E-state index is 8.74. The maximum Gasteiger partial charge on any atom is 0.394 e. The summed E-state index contributed by atoms with van der Waals surface area (Å²) in [5.41, 5.74) is 0. The van der Waals surface area contributed by atoms with E-state index in [0.717, 1.165) is 0 Å². The fourth-order valence-electron chi connectivity index (χ4n) is 0.866. The van der Waals surface area contributed by atoms with Crippen LogP contribution >= 0.6 is 0 Å². The van der Waals surface area contributed by atoms with Gasteiger partial charge < -0.3 is 0 Å². The smallest absolute Gasteiger partial charge is 0.264 e. The Balaban J connectivity index is 0. The van der Waals surface area contributed by atoms with Gasteiger partial charge in [0, 0.05) is 0 Å². The molecule has 0 fully saturated rings. The maximum atomic E-state index is 8.74. The second kappa shape index (κ2) is 8.02. The molecule has 0 rings (SSSR count). The molecule has 0 aliphatic carbocycles. The summed E-state index contributed by atoms with van der Waals surface area (Å²) >= 11 is -0.171. The molecule has 0 aromatic rings. The van der Waals surface area contributed by atoms with Gasteiger partial charge in [0.05, 0.1) is 0 Å². The van der Waals surface area contributed by atoms with E-state index in [2.05, 4.69) is 20.8 Å². The summed E-state index contributed by atoms with van der Waals surface area (Å²) in [5, 5.41) is 4.48. The Morgan fingerprint density at radius 2 is 1.17 bits per heavy atom. The molecule has 0 aliphatic heterocycles. The molecule has 0 amide bonds. The Kier molecular flexibility index (Phi) is 9.96. The van der Waals surface area contributed by atoms with Crippen LogP contribution in [0.3, 0.4) is 0 Å². The van der Waals surface area contributed by atoms with Crippen molar-refractivity contribution in [3.8, 4) is 0 Å². The summed E-state index contributed by atoms with van der Waals surface area (Å²) in [6, 6.07) is 0. The van der Waals surface area contributed by atoms with Crippen LogP contribution in [-0.4, -0.2) is 31.7 Å². The highest BCUT2D eigenvalue weighted by Gasteiger charge is 2.05. The van der Waals surface area contributed by atoms with Gasteiger partial charge >= 0.3 is 10.4 Å². The first-order valence-electron chi connectivity index (χ1n) is 4.04. The molecule has 0 spiro atoms. The van der Waals surface area contributed by atoms with Gasteiger partial charge in [-0.3, -0.25) is 9.11 Å². The van der Waals surface area contributed by atoms with Crippen LogP contribution in [0.1, 0.15) is 20.8 Å². The highest BCUT2D eigenvalue weighted by atomic mass is 32.3. The summed E-state index contributed by atoms with van der Waals surface area (Å²) in [6.45, 7) is 6.97. The van der Waals surface area contributed by atoms with E-state index in [4.69, 9.17) is 17.5 Å². The van der Waals surface area contributed by atoms with E-state index >= 15 is 0 Å². The Bertz CT molecular complexity index is 160. The largest absolute Gasteiger partial charge is 0.394 e. The van der Waals surface area contributed by atoms with Crippen LogP contribution in [0.15, 0.2) is 0 Å². The van der Waals surface area contributed by atoms with Crippen LogP contribution in [0.5, 0.6) is 0 Å². The van der Waals surface area contributed by atoms with Crippen molar-refractivity contribution >= 4 is 24.5 Å². The van der Waals surface area contributed by atoms with Crippen LogP contribution in [0, 0.1) is 0 Å². The van der Waals surface area contributed by atoms with Gasteiger partial charge in [-0.15, -0.1) is 0 Å². The third kappa shape index (κ3) is 22.4. The summed E-state index contributed by atoms with van der Waals surface area (Å²) < 4.78 is 31.6. The molecule has 0 aliphatic rings. The Morgan fingerprint density at radius 1 is 1.00 bits per heavy atom. The minimum Gasteiger partial charge on any atom is -0.264 e. The summed E-state index contributed by atoms with van der Waals surface area (Å²) in [7, 11) is -4.67. The second-order valence-corrected chi connectivity index (χ2v) is 7.62. The average Bonchev–Trinajstić information content (AvgIpc) is 1.88. The quantitative estimate of drug-likeness (QED) is 0.553. The van der Waals surface area contributed by atoms with Crippen LogP contribution in [0.4, 0.5) is 0 Å². The van der Waals surface area contributed by atoms with Crippen LogP contribution in [0.25, 0.3) is 0 Å². The molecule has 0 aromatic heterocycles. The van der Waals surface area contributed by atoms with Gasteiger partial charge in [-0.2, -0.15) is 8.42 Å². The van der Waals surface area contributed by atoms with Gasteiger partial charge in [0.1, 0.15) is 0 Å². The van der Waals surface area contributed by atoms with E-state index in [9.17, 15) is 0 Å². The van der Waals surface area contributed by atoms with Gasteiger partial charge in [-0.1, -0.05) is 36.6 Å². The lowest BCUT2D eigenvalue weighted by atomic mass is 10.9. The first-order chi connectivity index (χ1) is 5.35. The third-order valence-electron chi connectivity index (χ3n) is 1.73. The molecule has 0 saturated heterocycles. The van der Waals surface area contributed by atoms with Gasteiger partial charge in [0.2, 0.25) is 0 Å². The molecule has 2 N–H and O–H groups in total. The van der Waals surface area contributed by atoms with E-state index in [0.29, 0.717) is 0 Å². The lowest BCUT2D eigenvalue weighted by Gasteiger charge is -1.97. The molecular formula is C6H17AlO4S. The SMILES string of the molecule is C[CH2][Al]([CH2]C)[CH2]C.O=S(=O)(O)O. The fourth-order valence-corrected chi connectivity index (χ4v) is 2.60. The first-order valence-corrected chi connectivity index (χ1v) is 7.89. The summed E-state index contributed by atoms with van der Waals surface area (Å²) in [5.74, 6) is 0. The zero-order valence-corrected chi connectivity index (χ0v) is 9.79. The molecule has 0 aromatic carbocycles. The van der Waals surface area contributed by atoms with Crippen molar-refractivity contribution in [1.82, 2.24) is 0 Å². The Hall–Kier alpha value is 0.402. The molecule has 0 heterocycles. The first kappa shape index (κ1) is 14.9. The predicted octanol–water partition coefficient (Wildman–Crippen LogP) is 1.89. The van der Waals surface area contributed by atoms with Crippen LogP contribution in [-0.2, 0) is 10.4 Å². The van der Waals surface area contributed by atoms with E-state index < -0.39 is 10.4 Å². The zero-order valence-electron chi connectivity index (χ0n) is 7.82. The van der Waals surface area contributed by atoms with E-state index in [1.807, 2.05) is 0 Å². The highest BCUT2D eigenvalue weighted by Crippen LogP contribution is 2.01. The highest BCUT2D eigenvalue weighted by molar-refractivity contribution is 7.79. The van der Waals surface area contributed by atoms with Gasteiger partial charge in [0.15, 0.2) is 0 Å². The Labute approximate surface area is 79.0 Å². The Morgan fingerprint density at radius 3 is 1.17 bits per heavy atom. The van der Waals surface area contributed by atoms with Crippen LogP contribution in [0.2, 0.25) is 15.8 Å². The minimum atomic E-state index is -4.67. The van der Waals surface area contributed by atoms with Crippen molar-refractivity contribution in [2.45, 2.75) is 36.6 Å². The normalized spacial score (nSPS) is 10.1. The molecule has 12 heavy (non-hydrogen) atoms. The topological polar surface area (TPSA) is 74.6 Å². The zero-order chi connectivity index (χ0) is 10.2. The molecule has 0 radical (unpaired) electrons. The van der Waals surface area contributed by atoms with Crippen molar-refractivity contribution in [2.75, 3.05) is 0 Å². The summed E-state index contributed by atoms with van der Waals surface area (Å²) in [6.07, 6.45) is 0. The predicted molar refractivity (Wildman–Crippen MR) is 51.4 cm³/mol. The molecule has 0 unspecified atom stereocenters. The lowest BCUT2D eigenvalue weighted by Crippen LogP contribution is -2.04.